The van der Waals surface area contributed by atoms with Crippen molar-refractivity contribution in [3.63, 3.8) is 0 Å². The predicted molar refractivity (Wildman–Crippen MR) is 119 cm³/mol. The summed E-state index contributed by atoms with van der Waals surface area (Å²) in [7, 11) is 0. The number of benzene rings is 2. The Labute approximate surface area is 187 Å². The highest BCUT2D eigenvalue weighted by molar-refractivity contribution is 5.70. The summed E-state index contributed by atoms with van der Waals surface area (Å²) in [5, 5.41) is 0. The number of halogens is 1. The zero-order chi connectivity index (χ0) is 22.3. The molecular weight excluding hydrogens is 409 g/mol. The van der Waals surface area contributed by atoms with Crippen LogP contribution in [-0.2, 0) is 29.0 Å². The Morgan fingerprint density at radius 1 is 1.16 bits per heavy atom. The second kappa shape index (κ2) is 10.3. The van der Waals surface area contributed by atoms with Gasteiger partial charge < -0.3 is 14.2 Å². The van der Waals surface area contributed by atoms with Crippen LogP contribution in [0.3, 0.4) is 0 Å². The Bertz CT molecular complexity index is 1080. The number of rotatable bonds is 9. The fourth-order valence-electron chi connectivity index (χ4n) is 3.77. The van der Waals surface area contributed by atoms with Crippen molar-refractivity contribution in [1.82, 2.24) is 4.98 Å². The minimum absolute atomic E-state index is 0.186. The van der Waals surface area contributed by atoms with Crippen molar-refractivity contribution in [3.8, 4) is 22.6 Å². The molecule has 0 bridgehead atoms. The van der Waals surface area contributed by atoms with Gasteiger partial charge in [-0.05, 0) is 78.4 Å². The van der Waals surface area contributed by atoms with E-state index in [0.29, 0.717) is 38.2 Å². The van der Waals surface area contributed by atoms with E-state index in [4.69, 9.17) is 14.2 Å². The molecular formula is C26H26FNO4. The third-order valence-corrected chi connectivity index (χ3v) is 5.38. The van der Waals surface area contributed by atoms with Crippen molar-refractivity contribution in [1.29, 1.82) is 0 Å². The van der Waals surface area contributed by atoms with Gasteiger partial charge in [0.05, 0.1) is 19.4 Å². The summed E-state index contributed by atoms with van der Waals surface area (Å²) in [6, 6.07) is 14.6. The molecule has 0 spiro atoms. The summed E-state index contributed by atoms with van der Waals surface area (Å²) < 4.78 is 30.4. The van der Waals surface area contributed by atoms with Crippen LogP contribution in [0, 0.1) is 5.82 Å². The van der Waals surface area contributed by atoms with Crippen molar-refractivity contribution >= 4 is 5.97 Å². The van der Waals surface area contributed by atoms with Crippen LogP contribution in [-0.4, -0.2) is 24.2 Å². The van der Waals surface area contributed by atoms with Gasteiger partial charge in [-0.3, -0.25) is 9.78 Å². The summed E-state index contributed by atoms with van der Waals surface area (Å²) in [5.41, 5.74) is 4.77. The second-order valence-corrected chi connectivity index (χ2v) is 7.65. The third kappa shape index (κ3) is 5.44. The van der Waals surface area contributed by atoms with Crippen LogP contribution in [0.25, 0.3) is 11.1 Å². The number of carbonyl (C=O) groups excluding carboxylic acids is 1. The zero-order valence-corrected chi connectivity index (χ0v) is 18.1. The molecule has 4 rings (SSSR count). The topological polar surface area (TPSA) is 57.7 Å². The highest BCUT2D eigenvalue weighted by Gasteiger charge is 2.15. The Hall–Kier alpha value is -3.41. The summed E-state index contributed by atoms with van der Waals surface area (Å²) in [4.78, 5) is 15.8. The van der Waals surface area contributed by atoms with E-state index >= 15 is 0 Å². The van der Waals surface area contributed by atoms with E-state index in [1.807, 2.05) is 24.3 Å². The monoisotopic (exact) mass is 435 g/mol. The summed E-state index contributed by atoms with van der Waals surface area (Å²) >= 11 is 0. The van der Waals surface area contributed by atoms with Crippen LogP contribution >= 0.6 is 0 Å². The van der Waals surface area contributed by atoms with Crippen molar-refractivity contribution < 1.29 is 23.4 Å². The summed E-state index contributed by atoms with van der Waals surface area (Å²) in [5.74, 6) is 1.04. The molecule has 0 N–H and O–H groups in total. The van der Waals surface area contributed by atoms with E-state index in [1.54, 1.807) is 19.2 Å². The molecule has 0 radical (unpaired) electrons. The van der Waals surface area contributed by atoms with Crippen molar-refractivity contribution in [2.24, 2.45) is 0 Å². The number of esters is 1. The fourth-order valence-corrected chi connectivity index (χ4v) is 3.77. The number of nitrogens with zero attached hydrogens (tertiary/aromatic N) is 1. The molecule has 0 aliphatic carbocycles. The van der Waals surface area contributed by atoms with Crippen LogP contribution in [0.4, 0.5) is 4.39 Å². The minimum Gasteiger partial charge on any atom is -0.493 e. The Kier molecular flexibility index (Phi) is 7.00. The molecule has 6 heteroatoms. The molecule has 0 saturated heterocycles. The number of hydrogen-bond acceptors (Lipinski definition) is 5. The first kappa shape index (κ1) is 21.8. The van der Waals surface area contributed by atoms with Gasteiger partial charge in [-0.2, -0.15) is 0 Å². The molecule has 0 atom stereocenters. The molecule has 0 saturated carbocycles. The molecule has 0 unspecified atom stereocenters. The summed E-state index contributed by atoms with van der Waals surface area (Å²) in [6.45, 7) is 3.12. The van der Waals surface area contributed by atoms with Gasteiger partial charge in [0.2, 0.25) is 0 Å². The number of carbonyl (C=O) groups is 1. The SMILES string of the molecule is CCOC(=O)CCCc1ccc(OCc2cc(F)ccc2-c2ccc3c(c2)CCO3)cn1. The first-order valence-electron chi connectivity index (χ1n) is 10.9. The quantitative estimate of drug-likeness (QED) is 0.428. The van der Waals surface area contributed by atoms with E-state index in [9.17, 15) is 9.18 Å². The number of ether oxygens (including phenoxy) is 3. The normalized spacial score (nSPS) is 12.2. The van der Waals surface area contributed by atoms with Gasteiger partial charge in [-0.25, -0.2) is 4.39 Å². The van der Waals surface area contributed by atoms with E-state index in [0.717, 1.165) is 34.6 Å². The first-order valence-corrected chi connectivity index (χ1v) is 10.9. The van der Waals surface area contributed by atoms with E-state index in [-0.39, 0.29) is 18.4 Å². The molecule has 32 heavy (non-hydrogen) atoms. The molecule has 1 aliphatic heterocycles. The van der Waals surface area contributed by atoms with E-state index in [2.05, 4.69) is 11.1 Å². The Morgan fingerprint density at radius 3 is 2.88 bits per heavy atom. The highest BCUT2D eigenvalue weighted by Crippen LogP contribution is 2.32. The Morgan fingerprint density at radius 2 is 2.06 bits per heavy atom. The molecule has 2 aromatic carbocycles. The smallest absolute Gasteiger partial charge is 0.305 e. The number of aromatic nitrogens is 1. The van der Waals surface area contributed by atoms with E-state index in [1.165, 1.54) is 17.7 Å². The predicted octanol–water partition coefficient (Wildman–Crippen LogP) is 5.29. The van der Waals surface area contributed by atoms with Crippen LogP contribution in [0.1, 0.15) is 36.6 Å². The Balaban J connectivity index is 1.39. The lowest BCUT2D eigenvalue weighted by atomic mass is 9.97. The average Bonchev–Trinajstić information content (AvgIpc) is 3.27. The van der Waals surface area contributed by atoms with Crippen molar-refractivity contribution in [3.05, 3.63) is 77.4 Å². The zero-order valence-electron chi connectivity index (χ0n) is 18.1. The average molecular weight is 435 g/mol. The number of hydrogen-bond donors (Lipinski definition) is 0. The molecule has 5 nitrogen and oxygen atoms in total. The fraction of sp³-hybridized carbons (Fsp3) is 0.308. The third-order valence-electron chi connectivity index (χ3n) is 5.38. The van der Waals surface area contributed by atoms with Gasteiger partial charge in [0.15, 0.2) is 0 Å². The van der Waals surface area contributed by atoms with Crippen LogP contribution in [0.5, 0.6) is 11.5 Å². The van der Waals surface area contributed by atoms with E-state index < -0.39 is 0 Å². The minimum atomic E-state index is -0.299. The van der Waals surface area contributed by atoms with Crippen LogP contribution in [0.2, 0.25) is 0 Å². The number of fused-ring (bicyclic) bond motifs is 1. The standard InChI is InChI=1S/C26H26FNO4/c1-2-30-26(29)5-3-4-22-8-9-23(16-28-22)32-17-20-15-21(27)7-10-24(20)18-6-11-25-19(14-18)12-13-31-25/h6-11,14-16H,2-5,12-13,17H2,1H3. The molecule has 0 amide bonds. The van der Waals surface area contributed by atoms with Crippen molar-refractivity contribution in [2.75, 3.05) is 13.2 Å². The van der Waals surface area contributed by atoms with Crippen LogP contribution < -0.4 is 9.47 Å². The van der Waals surface area contributed by atoms with Gasteiger partial charge in [-0.1, -0.05) is 12.1 Å². The number of aryl methyl sites for hydroxylation is 1. The largest absolute Gasteiger partial charge is 0.493 e. The molecule has 3 aromatic rings. The summed E-state index contributed by atoms with van der Waals surface area (Å²) in [6.07, 6.45) is 4.30. The van der Waals surface area contributed by atoms with Gasteiger partial charge in [0.25, 0.3) is 0 Å². The van der Waals surface area contributed by atoms with Crippen molar-refractivity contribution in [2.45, 2.75) is 39.2 Å². The highest BCUT2D eigenvalue weighted by atomic mass is 19.1. The second-order valence-electron chi connectivity index (χ2n) is 7.65. The van der Waals surface area contributed by atoms with Gasteiger partial charge in [-0.15, -0.1) is 0 Å². The van der Waals surface area contributed by atoms with Crippen LogP contribution in [0.15, 0.2) is 54.7 Å². The number of pyridine rings is 1. The first-order chi connectivity index (χ1) is 15.6. The maximum absolute atomic E-state index is 14.0. The molecule has 166 valence electrons. The lowest BCUT2D eigenvalue weighted by Crippen LogP contribution is -2.04. The molecule has 1 aliphatic rings. The maximum atomic E-state index is 14.0. The molecule has 0 fully saturated rings. The molecule has 1 aromatic heterocycles. The van der Waals surface area contributed by atoms with Gasteiger partial charge >= 0.3 is 5.97 Å². The lowest BCUT2D eigenvalue weighted by molar-refractivity contribution is -0.143. The molecule has 2 heterocycles. The van der Waals surface area contributed by atoms with Gasteiger partial charge in [0.1, 0.15) is 23.9 Å². The maximum Gasteiger partial charge on any atom is 0.305 e. The lowest BCUT2D eigenvalue weighted by Gasteiger charge is -2.13. The van der Waals surface area contributed by atoms with Gasteiger partial charge in [0, 0.05) is 18.5 Å².